The van der Waals surface area contributed by atoms with Crippen LogP contribution in [0, 0.1) is 0 Å². The molecule has 11 heteroatoms. The number of likely N-dealkylation sites (tertiary alicyclic amines) is 1. The number of nitrogens with zero attached hydrogens (tertiary/aromatic N) is 2. The first-order valence-corrected chi connectivity index (χ1v) is 15.0. The van der Waals surface area contributed by atoms with Crippen molar-refractivity contribution in [2.24, 2.45) is 0 Å². The Morgan fingerprint density at radius 1 is 1.02 bits per heavy atom. The van der Waals surface area contributed by atoms with Crippen molar-refractivity contribution < 1.29 is 33.3 Å². The number of carbonyl (C=O) groups excluding carboxylic acids is 2. The Labute approximate surface area is 250 Å². The predicted molar refractivity (Wildman–Crippen MR) is 157 cm³/mol. The molecule has 2 aromatic carbocycles. The average Bonchev–Trinajstić information content (AvgIpc) is 3.84. The number of H-pyrrole nitrogens is 1. The second kappa shape index (κ2) is 13.5. The van der Waals surface area contributed by atoms with E-state index in [9.17, 15) is 9.59 Å². The molecule has 0 unspecified atom stereocenters. The lowest BCUT2D eigenvalue weighted by atomic mass is 10.0. The Morgan fingerprint density at radius 2 is 1.81 bits per heavy atom. The molecule has 3 aromatic rings. The van der Waals surface area contributed by atoms with Gasteiger partial charge in [-0.15, -0.1) is 0 Å². The van der Waals surface area contributed by atoms with Crippen LogP contribution in [0.2, 0.25) is 0 Å². The van der Waals surface area contributed by atoms with Crippen molar-refractivity contribution in [2.75, 3.05) is 31.7 Å². The van der Waals surface area contributed by atoms with E-state index in [2.05, 4.69) is 22.4 Å². The number of rotatable bonds is 10. The standard InChI is InChI=1S/C32H38N4O7/c1-21-7-6-14-36(21)32(38)43-24-13-12-23(17-24)25-18-28(35-34-25)33-29(37)20-42-27-11-5-10-26(30(27)31-39-15-16-40-31)41-19-22-8-3-2-4-9-22/h2-5,8-11,18,21,23-24,31H,6-7,12-17,19-20H2,1H3,(H2,33,34,35,37)/t21-,23+,24-/m1/s1. The molecule has 2 saturated heterocycles. The van der Waals surface area contributed by atoms with Gasteiger partial charge >= 0.3 is 6.09 Å². The zero-order chi connectivity index (χ0) is 29.6. The number of amides is 2. The van der Waals surface area contributed by atoms with Crippen molar-refractivity contribution in [3.63, 3.8) is 0 Å². The van der Waals surface area contributed by atoms with Gasteiger partial charge in [0.25, 0.3) is 5.91 Å². The number of ether oxygens (including phenoxy) is 5. The van der Waals surface area contributed by atoms with Crippen LogP contribution in [0.4, 0.5) is 10.6 Å². The summed E-state index contributed by atoms with van der Waals surface area (Å²) in [5.74, 6) is 1.26. The van der Waals surface area contributed by atoms with Crippen LogP contribution in [-0.4, -0.2) is 65.6 Å². The number of carbonyl (C=O) groups is 2. The van der Waals surface area contributed by atoms with Crippen molar-refractivity contribution in [3.05, 3.63) is 71.4 Å². The molecule has 1 aromatic heterocycles. The molecule has 3 aliphatic rings. The molecule has 2 amide bonds. The van der Waals surface area contributed by atoms with Crippen LogP contribution in [0.15, 0.2) is 54.6 Å². The molecular formula is C32H38N4O7. The number of aromatic nitrogens is 2. The van der Waals surface area contributed by atoms with Gasteiger partial charge < -0.3 is 33.9 Å². The summed E-state index contributed by atoms with van der Waals surface area (Å²) in [6.07, 6.45) is 3.48. The molecule has 3 fully saturated rings. The second-order valence-electron chi connectivity index (χ2n) is 11.3. The maximum atomic E-state index is 12.8. The zero-order valence-corrected chi connectivity index (χ0v) is 24.3. The summed E-state index contributed by atoms with van der Waals surface area (Å²) in [7, 11) is 0. The first-order valence-electron chi connectivity index (χ1n) is 15.0. The van der Waals surface area contributed by atoms with Crippen LogP contribution in [0.5, 0.6) is 11.5 Å². The van der Waals surface area contributed by atoms with E-state index < -0.39 is 6.29 Å². The maximum Gasteiger partial charge on any atom is 0.410 e. The lowest BCUT2D eigenvalue weighted by Gasteiger charge is -2.23. The van der Waals surface area contributed by atoms with Gasteiger partial charge in [0.15, 0.2) is 18.7 Å². The predicted octanol–water partition coefficient (Wildman–Crippen LogP) is 5.31. The summed E-state index contributed by atoms with van der Waals surface area (Å²) >= 11 is 0. The fraction of sp³-hybridized carbons (Fsp3) is 0.469. The first-order chi connectivity index (χ1) is 21.0. The smallest absolute Gasteiger partial charge is 0.410 e. The molecular weight excluding hydrogens is 552 g/mol. The fourth-order valence-corrected chi connectivity index (χ4v) is 5.94. The topological polar surface area (TPSA) is 124 Å². The van der Waals surface area contributed by atoms with E-state index >= 15 is 0 Å². The van der Waals surface area contributed by atoms with Crippen LogP contribution in [0.3, 0.4) is 0 Å². The van der Waals surface area contributed by atoms with Gasteiger partial charge in [-0.25, -0.2) is 4.79 Å². The van der Waals surface area contributed by atoms with Gasteiger partial charge in [0.1, 0.15) is 24.2 Å². The van der Waals surface area contributed by atoms with Crippen LogP contribution >= 0.6 is 0 Å². The first kappa shape index (κ1) is 29.0. The Kier molecular flexibility index (Phi) is 9.09. The third-order valence-corrected chi connectivity index (χ3v) is 8.22. The molecule has 0 spiro atoms. The molecule has 0 bridgehead atoms. The maximum absolute atomic E-state index is 12.8. The largest absolute Gasteiger partial charge is 0.488 e. The van der Waals surface area contributed by atoms with Crippen molar-refractivity contribution in [2.45, 2.75) is 70.0 Å². The van der Waals surface area contributed by atoms with Crippen molar-refractivity contribution >= 4 is 17.8 Å². The highest BCUT2D eigenvalue weighted by molar-refractivity contribution is 5.91. The normalized spacial score (nSPS) is 22.1. The van der Waals surface area contributed by atoms with E-state index in [0.717, 1.165) is 49.9 Å². The van der Waals surface area contributed by atoms with Crippen LogP contribution in [-0.2, 0) is 25.6 Å². The highest BCUT2D eigenvalue weighted by Gasteiger charge is 2.33. The highest BCUT2D eigenvalue weighted by atomic mass is 16.7. The highest BCUT2D eigenvalue weighted by Crippen LogP contribution is 2.39. The lowest BCUT2D eigenvalue weighted by Crippen LogP contribution is -2.36. The minimum Gasteiger partial charge on any atom is -0.488 e. The monoisotopic (exact) mass is 590 g/mol. The molecule has 0 radical (unpaired) electrons. The zero-order valence-electron chi connectivity index (χ0n) is 24.3. The molecule has 6 rings (SSSR count). The molecule has 3 atom stereocenters. The molecule has 228 valence electrons. The summed E-state index contributed by atoms with van der Waals surface area (Å²) < 4.78 is 29.4. The number of anilines is 1. The third-order valence-electron chi connectivity index (χ3n) is 8.22. The minimum absolute atomic E-state index is 0.116. The summed E-state index contributed by atoms with van der Waals surface area (Å²) in [4.78, 5) is 27.2. The molecule has 43 heavy (non-hydrogen) atoms. The van der Waals surface area contributed by atoms with E-state index in [-0.39, 0.29) is 36.7 Å². The Morgan fingerprint density at radius 3 is 2.58 bits per heavy atom. The van der Waals surface area contributed by atoms with Crippen molar-refractivity contribution in [1.82, 2.24) is 15.1 Å². The molecule has 2 N–H and O–H groups in total. The SMILES string of the molecule is C[C@@H]1CCCN1C(=O)O[C@@H]1CC[C@H](c2cc(NC(=O)COc3cccc(OCc4ccccc4)c3C3OCCO3)n[nH]2)C1. The van der Waals surface area contributed by atoms with Gasteiger partial charge in [-0.05, 0) is 56.7 Å². The summed E-state index contributed by atoms with van der Waals surface area (Å²) in [5, 5.41) is 10.1. The van der Waals surface area contributed by atoms with Crippen LogP contribution in [0.25, 0.3) is 0 Å². The number of benzene rings is 2. The van der Waals surface area contributed by atoms with Gasteiger partial charge in [0.2, 0.25) is 0 Å². The third kappa shape index (κ3) is 7.11. The number of nitrogens with one attached hydrogen (secondary N) is 2. The van der Waals surface area contributed by atoms with E-state index in [4.69, 9.17) is 23.7 Å². The molecule has 11 nitrogen and oxygen atoms in total. The van der Waals surface area contributed by atoms with Crippen molar-refractivity contribution in [1.29, 1.82) is 0 Å². The minimum atomic E-state index is -0.646. The molecule has 3 heterocycles. The van der Waals surface area contributed by atoms with Crippen molar-refractivity contribution in [3.8, 4) is 11.5 Å². The summed E-state index contributed by atoms with van der Waals surface area (Å²) in [6, 6.07) is 17.3. The molecule has 1 saturated carbocycles. The molecule has 2 aliphatic heterocycles. The van der Waals surface area contributed by atoms with Gasteiger partial charge in [-0.1, -0.05) is 36.4 Å². The number of aromatic amines is 1. The van der Waals surface area contributed by atoms with Crippen LogP contribution in [0.1, 0.15) is 68.1 Å². The van der Waals surface area contributed by atoms with Gasteiger partial charge in [0, 0.05) is 30.3 Å². The summed E-state index contributed by atoms with van der Waals surface area (Å²) in [5.41, 5.74) is 2.54. The number of hydrogen-bond acceptors (Lipinski definition) is 8. The Bertz CT molecular complexity index is 1390. The lowest BCUT2D eigenvalue weighted by molar-refractivity contribution is -0.118. The Hall–Kier alpha value is -4.09. The molecule has 1 aliphatic carbocycles. The van der Waals surface area contributed by atoms with E-state index in [0.29, 0.717) is 42.7 Å². The summed E-state index contributed by atoms with van der Waals surface area (Å²) in [6.45, 7) is 3.88. The van der Waals surface area contributed by atoms with Crippen LogP contribution < -0.4 is 14.8 Å². The van der Waals surface area contributed by atoms with Gasteiger partial charge in [-0.2, -0.15) is 5.10 Å². The quantitative estimate of drug-likeness (QED) is 0.326. The van der Waals surface area contributed by atoms with Gasteiger partial charge in [-0.3, -0.25) is 9.89 Å². The Balaban J connectivity index is 1.03. The van der Waals surface area contributed by atoms with E-state index in [1.54, 1.807) is 6.07 Å². The average molecular weight is 591 g/mol. The fourth-order valence-electron chi connectivity index (χ4n) is 5.94. The number of hydrogen-bond donors (Lipinski definition) is 2. The van der Waals surface area contributed by atoms with Gasteiger partial charge in [0.05, 0.1) is 18.8 Å². The van der Waals surface area contributed by atoms with E-state index in [1.807, 2.05) is 53.4 Å². The van der Waals surface area contributed by atoms with E-state index in [1.165, 1.54) is 0 Å². The second-order valence-corrected chi connectivity index (χ2v) is 11.3.